The van der Waals surface area contributed by atoms with Gasteiger partial charge in [0.15, 0.2) is 6.10 Å². The van der Waals surface area contributed by atoms with Crippen molar-refractivity contribution in [3.05, 3.63) is 97.2 Å². The van der Waals surface area contributed by atoms with Crippen LogP contribution in [-0.4, -0.2) is 37.2 Å². The molecule has 0 radical (unpaired) electrons. The van der Waals surface area contributed by atoms with Gasteiger partial charge in [0, 0.05) is 19.3 Å². The Kier molecular flexibility index (Phi) is 57.8. The van der Waals surface area contributed by atoms with Crippen molar-refractivity contribution in [3.63, 3.8) is 0 Å². The van der Waals surface area contributed by atoms with Crippen LogP contribution in [0.3, 0.4) is 0 Å². The van der Waals surface area contributed by atoms with Gasteiger partial charge in [-0.05, 0) is 103 Å². The molecule has 0 saturated carbocycles. The van der Waals surface area contributed by atoms with Gasteiger partial charge >= 0.3 is 17.9 Å². The van der Waals surface area contributed by atoms with Gasteiger partial charge in [0.25, 0.3) is 0 Å². The highest BCUT2D eigenvalue weighted by atomic mass is 16.6. The first-order valence-corrected chi connectivity index (χ1v) is 30.7. The maximum Gasteiger partial charge on any atom is 0.306 e. The number of rotatable bonds is 55. The molecule has 6 heteroatoms. The van der Waals surface area contributed by atoms with E-state index in [-0.39, 0.29) is 37.5 Å². The van der Waals surface area contributed by atoms with Gasteiger partial charge in [-0.15, -0.1) is 0 Å². The Morgan fingerprint density at radius 1 is 0.288 bits per heavy atom. The second-order valence-corrected chi connectivity index (χ2v) is 20.2. The summed E-state index contributed by atoms with van der Waals surface area (Å²) in [6, 6.07) is 0. The van der Waals surface area contributed by atoms with Crippen molar-refractivity contribution in [2.24, 2.45) is 0 Å². The molecule has 0 aromatic carbocycles. The predicted molar refractivity (Wildman–Crippen MR) is 316 cm³/mol. The third kappa shape index (κ3) is 59.1. The van der Waals surface area contributed by atoms with Crippen LogP contribution in [0.4, 0.5) is 0 Å². The first kappa shape index (κ1) is 69.3. The molecular formula is C67H114O6. The smallest absolute Gasteiger partial charge is 0.306 e. The second kappa shape index (κ2) is 60.9. The van der Waals surface area contributed by atoms with E-state index >= 15 is 0 Å². The number of hydrogen-bond acceptors (Lipinski definition) is 6. The summed E-state index contributed by atoms with van der Waals surface area (Å²) in [4.78, 5) is 38.3. The zero-order valence-electron chi connectivity index (χ0n) is 47.9. The first-order valence-electron chi connectivity index (χ1n) is 30.7. The summed E-state index contributed by atoms with van der Waals surface area (Å²) >= 11 is 0. The Hall–Kier alpha value is -3.67. The average molecular weight is 1020 g/mol. The van der Waals surface area contributed by atoms with Crippen LogP contribution in [0.25, 0.3) is 0 Å². The minimum absolute atomic E-state index is 0.0967. The summed E-state index contributed by atoms with van der Waals surface area (Å²) in [5.41, 5.74) is 0. The van der Waals surface area contributed by atoms with Crippen LogP contribution in [-0.2, 0) is 28.6 Å². The normalized spacial score (nSPS) is 12.8. The molecule has 0 rings (SSSR count). The molecular weight excluding hydrogens is 901 g/mol. The molecule has 0 saturated heterocycles. The summed E-state index contributed by atoms with van der Waals surface area (Å²) in [7, 11) is 0. The molecule has 0 spiro atoms. The van der Waals surface area contributed by atoms with Gasteiger partial charge in [-0.3, -0.25) is 14.4 Å². The number of unbranched alkanes of at least 4 members (excludes halogenated alkanes) is 28. The molecule has 0 aliphatic heterocycles. The maximum atomic E-state index is 12.9. The topological polar surface area (TPSA) is 78.9 Å². The third-order valence-corrected chi connectivity index (χ3v) is 13.1. The zero-order valence-corrected chi connectivity index (χ0v) is 47.9. The molecule has 0 aromatic rings. The van der Waals surface area contributed by atoms with E-state index in [1.807, 2.05) is 0 Å². The van der Waals surface area contributed by atoms with Crippen molar-refractivity contribution in [1.82, 2.24) is 0 Å². The first-order chi connectivity index (χ1) is 36.0. The maximum absolute atomic E-state index is 12.9. The van der Waals surface area contributed by atoms with Crippen LogP contribution in [0.1, 0.15) is 290 Å². The van der Waals surface area contributed by atoms with Crippen molar-refractivity contribution >= 4 is 17.9 Å². The monoisotopic (exact) mass is 1010 g/mol. The largest absolute Gasteiger partial charge is 0.462 e. The molecule has 1 atom stereocenters. The molecule has 418 valence electrons. The highest BCUT2D eigenvalue weighted by Crippen LogP contribution is 2.16. The van der Waals surface area contributed by atoms with Crippen LogP contribution in [0, 0.1) is 0 Å². The molecule has 0 fully saturated rings. The average Bonchev–Trinajstić information content (AvgIpc) is 3.39. The Balaban J connectivity index is 4.47. The minimum atomic E-state index is -0.805. The van der Waals surface area contributed by atoms with E-state index in [0.717, 1.165) is 122 Å². The van der Waals surface area contributed by atoms with Gasteiger partial charge in [0.1, 0.15) is 13.2 Å². The van der Waals surface area contributed by atoms with E-state index < -0.39 is 6.10 Å². The molecule has 0 bridgehead atoms. The van der Waals surface area contributed by atoms with Crippen molar-refractivity contribution in [3.8, 4) is 0 Å². The van der Waals surface area contributed by atoms with E-state index in [4.69, 9.17) is 14.2 Å². The fraction of sp³-hybridized carbons (Fsp3) is 0.716. The summed E-state index contributed by atoms with van der Waals surface area (Å²) in [5.74, 6) is -0.943. The Bertz CT molecular complexity index is 1440. The Morgan fingerprint density at radius 3 is 0.877 bits per heavy atom. The molecule has 0 heterocycles. The number of ether oxygens (including phenoxy) is 3. The van der Waals surface area contributed by atoms with Crippen LogP contribution < -0.4 is 0 Å². The molecule has 73 heavy (non-hydrogen) atoms. The van der Waals surface area contributed by atoms with Crippen molar-refractivity contribution in [2.45, 2.75) is 297 Å². The fourth-order valence-electron chi connectivity index (χ4n) is 8.48. The quantitative estimate of drug-likeness (QED) is 0.0261. The van der Waals surface area contributed by atoms with E-state index in [1.165, 1.54) is 128 Å². The molecule has 0 aliphatic rings. The lowest BCUT2D eigenvalue weighted by Crippen LogP contribution is -2.30. The van der Waals surface area contributed by atoms with Crippen molar-refractivity contribution in [1.29, 1.82) is 0 Å². The fourth-order valence-corrected chi connectivity index (χ4v) is 8.48. The lowest BCUT2D eigenvalue weighted by molar-refractivity contribution is -0.167. The molecule has 0 unspecified atom stereocenters. The van der Waals surface area contributed by atoms with Crippen molar-refractivity contribution in [2.75, 3.05) is 13.2 Å². The van der Waals surface area contributed by atoms with Gasteiger partial charge in [-0.25, -0.2) is 0 Å². The molecule has 0 aromatic heterocycles. The summed E-state index contributed by atoms with van der Waals surface area (Å²) < 4.78 is 16.9. The predicted octanol–water partition coefficient (Wildman–Crippen LogP) is 20.9. The zero-order chi connectivity index (χ0) is 52.9. The Morgan fingerprint density at radius 2 is 0.534 bits per heavy atom. The van der Waals surface area contributed by atoms with Gasteiger partial charge in [-0.1, -0.05) is 266 Å². The standard InChI is InChI=1S/C67H114O6/c1-4-7-10-13-16-19-22-25-28-31-33-36-39-42-45-48-51-54-57-60-66(69)72-63-64(62-71-65(68)59-56-53-50-47-44-41-38-35-30-27-24-21-18-15-12-9-6-3)73-67(70)61-58-55-52-49-46-43-40-37-34-32-29-26-23-20-17-14-11-8-5-2/h8,11,17-18,20-21,26-27,29-30,34,37-38,41,43,46,64H,4-7,9-10,12-16,19,22-25,28,31-33,35-36,39-40,42,44-45,47-63H2,1-3H3/b11-8-,20-17-,21-18-,29-26-,30-27-,37-34-,41-38-,46-43-/t64-/m1/s1. The van der Waals surface area contributed by atoms with E-state index in [1.54, 1.807) is 0 Å². The number of carbonyl (C=O) groups is 3. The van der Waals surface area contributed by atoms with Gasteiger partial charge in [-0.2, -0.15) is 0 Å². The molecule has 6 nitrogen and oxygen atoms in total. The lowest BCUT2D eigenvalue weighted by atomic mass is 10.0. The molecule has 0 amide bonds. The Labute approximate surface area is 451 Å². The number of carbonyl (C=O) groups excluding carboxylic acids is 3. The second-order valence-electron chi connectivity index (χ2n) is 20.2. The highest BCUT2D eigenvalue weighted by molar-refractivity contribution is 5.71. The van der Waals surface area contributed by atoms with Gasteiger partial charge < -0.3 is 14.2 Å². The van der Waals surface area contributed by atoms with Gasteiger partial charge in [0.05, 0.1) is 0 Å². The van der Waals surface area contributed by atoms with Gasteiger partial charge in [0.2, 0.25) is 0 Å². The summed E-state index contributed by atoms with van der Waals surface area (Å²) in [6.07, 6.45) is 81.2. The summed E-state index contributed by atoms with van der Waals surface area (Å²) in [6.45, 7) is 6.48. The van der Waals surface area contributed by atoms with Crippen LogP contribution in [0.2, 0.25) is 0 Å². The SMILES string of the molecule is CC/C=C\C/C=C\C/C=C\C/C=C\C/C=C\CCCCCC(=O)O[C@H](COC(=O)CCCCCC/C=C\C/C=C\C/C=C\CCCCC)COC(=O)CCCCCCCCCCCCCCCCCCCCC. The van der Waals surface area contributed by atoms with Crippen molar-refractivity contribution < 1.29 is 28.6 Å². The summed E-state index contributed by atoms with van der Waals surface area (Å²) in [5, 5.41) is 0. The molecule has 0 aliphatic carbocycles. The van der Waals surface area contributed by atoms with Crippen LogP contribution in [0.5, 0.6) is 0 Å². The lowest BCUT2D eigenvalue weighted by Gasteiger charge is -2.18. The van der Waals surface area contributed by atoms with E-state index in [2.05, 4.69) is 118 Å². The highest BCUT2D eigenvalue weighted by Gasteiger charge is 2.19. The number of esters is 3. The number of hydrogen-bond donors (Lipinski definition) is 0. The molecule has 0 N–H and O–H groups in total. The third-order valence-electron chi connectivity index (χ3n) is 13.1. The van der Waals surface area contributed by atoms with E-state index in [0.29, 0.717) is 12.8 Å². The van der Waals surface area contributed by atoms with Crippen LogP contribution in [0.15, 0.2) is 97.2 Å². The minimum Gasteiger partial charge on any atom is -0.462 e. The van der Waals surface area contributed by atoms with E-state index in [9.17, 15) is 14.4 Å². The van der Waals surface area contributed by atoms with Crippen LogP contribution >= 0.6 is 0 Å². The number of allylic oxidation sites excluding steroid dienone is 16.